The Bertz CT molecular complexity index is 1220. The molecular formula is C21H15F3N4. The van der Waals surface area contributed by atoms with Crippen LogP contribution in [0.1, 0.15) is 22.3 Å². The van der Waals surface area contributed by atoms with Crippen LogP contribution in [0.3, 0.4) is 0 Å². The molecule has 140 valence electrons. The number of imidazole rings is 1. The van der Waals surface area contributed by atoms with E-state index in [1.807, 2.05) is 31.2 Å². The molecule has 0 bridgehead atoms. The molecule has 7 heteroatoms. The van der Waals surface area contributed by atoms with Gasteiger partial charge in [-0.3, -0.25) is 4.40 Å². The molecule has 0 fully saturated rings. The van der Waals surface area contributed by atoms with Gasteiger partial charge >= 0.3 is 6.18 Å². The molecule has 4 nitrogen and oxygen atoms in total. The van der Waals surface area contributed by atoms with Crippen LogP contribution in [-0.2, 0) is 12.7 Å². The fourth-order valence-corrected chi connectivity index (χ4v) is 3.19. The van der Waals surface area contributed by atoms with Crippen molar-refractivity contribution < 1.29 is 13.2 Å². The lowest BCUT2D eigenvalue weighted by Gasteiger charge is -2.15. The average Bonchev–Trinajstić information content (AvgIpc) is 3.06. The van der Waals surface area contributed by atoms with Crippen LogP contribution in [0, 0.1) is 18.3 Å². The van der Waals surface area contributed by atoms with Crippen LogP contribution in [0.25, 0.3) is 16.7 Å². The van der Waals surface area contributed by atoms with E-state index in [1.54, 1.807) is 34.7 Å². The van der Waals surface area contributed by atoms with E-state index in [4.69, 9.17) is 0 Å². The zero-order valence-electron chi connectivity index (χ0n) is 14.9. The summed E-state index contributed by atoms with van der Waals surface area (Å²) in [6.45, 7) is 2.31. The molecule has 0 aliphatic rings. The second kappa shape index (κ2) is 6.57. The number of nitriles is 1. The van der Waals surface area contributed by atoms with Crippen molar-refractivity contribution in [2.75, 3.05) is 5.32 Å². The number of hydrogen-bond acceptors (Lipinski definition) is 3. The third kappa shape index (κ3) is 3.03. The van der Waals surface area contributed by atoms with Gasteiger partial charge in [0.05, 0.1) is 16.6 Å². The minimum atomic E-state index is -4.66. The van der Waals surface area contributed by atoms with Crippen molar-refractivity contribution in [3.8, 4) is 6.07 Å². The van der Waals surface area contributed by atoms with Crippen LogP contribution in [0.4, 0.5) is 19.0 Å². The van der Waals surface area contributed by atoms with E-state index in [0.29, 0.717) is 17.6 Å². The van der Waals surface area contributed by atoms with Crippen molar-refractivity contribution in [1.29, 1.82) is 5.26 Å². The fourth-order valence-electron chi connectivity index (χ4n) is 3.19. The molecule has 0 unspecified atom stereocenters. The molecule has 2 aromatic carbocycles. The topological polar surface area (TPSA) is 53.1 Å². The molecule has 0 aliphatic heterocycles. The van der Waals surface area contributed by atoms with Gasteiger partial charge in [0.2, 0.25) is 0 Å². The highest BCUT2D eigenvalue weighted by Gasteiger charge is 2.36. The van der Waals surface area contributed by atoms with Gasteiger partial charge in [-0.1, -0.05) is 42.0 Å². The Labute approximate surface area is 158 Å². The molecule has 0 atom stereocenters. The van der Waals surface area contributed by atoms with Crippen molar-refractivity contribution in [2.24, 2.45) is 0 Å². The average molecular weight is 380 g/mol. The largest absolute Gasteiger partial charge is 0.417 e. The standard InChI is InChI=1S/C21H15F3N4/c1-13-6-8-14(9-7-13)12-26-19-10-16(21(22,23)24)15(11-25)20-27-17-4-2-3-5-18(17)28(19)20/h2-10,26H,12H2,1H3. The Hall–Kier alpha value is -3.53. The highest BCUT2D eigenvalue weighted by Crippen LogP contribution is 2.37. The van der Waals surface area contributed by atoms with E-state index in [-0.39, 0.29) is 11.5 Å². The van der Waals surface area contributed by atoms with Crippen molar-refractivity contribution in [1.82, 2.24) is 9.38 Å². The fraction of sp³-hybridized carbons (Fsp3) is 0.143. The van der Waals surface area contributed by atoms with Gasteiger partial charge in [0.1, 0.15) is 17.5 Å². The van der Waals surface area contributed by atoms with E-state index in [9.17, 15) is 18.4 Å². The lowest BCUT2D eigenvalue weighted by Crippen LogP contribution is -2.13. The molecule has 4 rings (SSSR count). The number of alkyl halides is 3. The molecule has 0 radical (unpaired) electrons. The number of anilines is 1. The number of para-hydroxylation sites is 2. The summed E-state index contributed by atoms with van der Waals surface area (Å²) in [5.74, 6) is 0.232. The van der Waals surface area contributed by atoms with Crippen molar-refractivity contribution in [3.05, 3.63) is 76.9 Å². The SMILES string of the molecule is Cc1ccc(CNc2cc(C(F)(F)F)c(C#N)c3nc4ccccc4n23)cc1. The maximum absolute atomic E-state index is 13.6. The maximum atomic E-state index is 13.6. The van der Waals surface area contributed by atoms with Gasteiger partial charge in [-0.15, -0.1) is 0 Å². The Morgan fingerprint density at radius 1 is 1.11 bits per heavy atom. The van der Waals surface area contributed by atoms with Crippen molar-refractivity contribution in [2.45, 2.75) is 19.6 Å². The number of rotatable bonds is 3. The minimum absolute atomic E-state index is 0.00932. The normalized spacial score (nSPS) is 11.7. The summed E-state index contributed by atoms with van der Waals surface area (Å²) in [6, 6.07) is 17.4. The van der Waals surface area contributed by atoms with Gasteiger partial charge in [0.15, 0.2) is 5.65 Å². The Kier molecular flexibility index (Phi) is 4.19. The zero-order chi connectivity index (χ0) is 19.9. The van der Waals surface area contributed by atoms with Gasteiger partial charge in [0.25, 0.3) is 0 Å². The van der Waals surface area contributed by atoms with Crippen LogP contribution in [0.2, 0.25) is 0 Å². The number of aromatic nitrogens is 2. The third-order valence-electron chi connectivity index (χ3n) is 4.59. The summed E-state index contributed by atoms with van der Waals surface area (Å²) in [4.78, 5) is 4.29. The number of nitrogens with one attached hydrogen (secondary N) is 1. The second-order valence-corrected chi connectivity index (χ2v) is 6.53. The van der Waals surface area contributed by atoms with E-state index in [1.165, 1.54) is 0 Å². The van der Waals surface area contributed by atoms with Crippen LogP contribution >= 0.6 is 0 Å². The summed E-state index contributed by atoms with van der Waals surface area (Å²) < 4.78 is 42.3. The predicted molar refractivity (Wildman–Crippen MR) is 101 cm³/mol. The number of benzene rings is 2. The zero-order valence-corrected chi connectivity index (χ0v) is 14.9. The molecule has 28 heavy (non-hydrogen) atoms. The smallest absolute Gasteiger partial charge is 0.367 e. The summed E-state index contributed by atoms with van der Waals surface area (Å²) in [7, 11) is 0. The first-order valence-electron chi connectivity index (χ1n) is 8.59. The Balaban J connectivity index is 1.92. The highest BCUT2D eigenvalue weighted by atomic mass is 19.4. The monoisotopic (exact) mass is 380 g/mol. The Morgan fingerprint density at radius 2 is 1.82 bits per heavy atom. The Morgan fingerprint density at radius 3 is 2.50 bits per heavy atom. The van der Waals surface area contributed by atoms with E-state index in [0.717, 1.165) is 17.2 Å². The molecule has 0 amide bonds. The molecule has 0 spiro atoms. The first kappa shape index (κ1) is 17.9. The minimum Gasteiger partial charge on any atom is -0.367 e. The predicted octanol–water partition coefficient (Wildman–Crippen LogP) is 5.30. The number of hydrogen-bond donors (Lipinski definition) is 1. The molecule has 4 aromatic rings. The first-order chi connectivity index (χ1) is 13.4. The van der Waals surface area contributed by atoms with Gasteiger partial charge < -0.3 is 5.32 Å². The van der Waals surface area contributed by atoms with Gasteiger partial charge in [-0.2, -0.15) is 18.4 Å². The molecule has 1 N–H and O–H groups in total. The summed E-state index contributed by atoms with van der Waals surface area (Å²) >= 11 is 0. The van der Waals surface area contributed by atoms with E-state index >= 15 is 0 Å². The number of pyridine rings is 1. The maximum Gasteiger partial charge on any atom is 0.417 e. The number of fused-ring (bicyclic) bond motifs is 3. The van der Waals surface area contributed by atoms with E-state index in [2.05, 4.69) is 10.3 Å². The summed E-state index contributed by atoms with van der Waals surface area (Å²) in [6.07, 6.45) is -4.66. The van der Waals surface area contributed by atoms with Gasteiger partial charge in [0, 0.05) is 6.54 Å². The van der Waals surface area contributed by atoms with Gasteiger partial charge in [-0.05, 0) is 30.7 Å². The van der Waals surface area contributed by atoms with Crippen LogP contribution < -0.4 is 5.32 Å². The molecule has 2 heterocycles. The second-order valence-electron chi connectivity index (χ2n) is 6.53. The van der Waals surface area contributed by atoms with Crippen molar-refractivity contribution in [3.63, 3.8) is 0 Å². The van der Waals surface area contributed by atoms with Crippen molar-refractivity contribution >= 4 is 22.5 Å². The summed E-state index contributed by atoms with van der Waals surface area (Å²) in [5.41, 5.74) is 1.70. The van der Waals surface area contributed by atoms with Crippen LogP contribution in [0.5, 0.6) is 0 Å². The molecular weight excluding hydrogens is 365 g/mol. The quantitative estimate of drug-likeness (QED) is 0.525. The summed E-state index contributed by atoms with van der Waals surface area (Å²) in [5, 5.41) is 12.5. The number of nitrogens with zero attached hydrogens (tertiary/aromatic N) is 3. The highest BCUT2D eigenvalue weighted by molar-refractivity contribution is 5.85. The number of aryl methyl sites for hydroxylation is 1. The third-order valence-corrected chi connectivity index (χ3v) is 4.59. The molecule has 0 saturated carbocycles. The lowest BCUT2D eigenvalue weighted by atomic mass is 10.1. The molecule has 0 saturated heterocycles. The number of halogens is 3. The van der Waals surface area contributed by atoms with E-state index < -0.39 is 17.3 Å². The lowest BCUT2D eigenvalue weighted by molar-refractivity contribution is -0.137. The van der Waals surface area contributed by atoms with Gasteiger partial charge in [-0.25, -0.2) is 4.98 Å². The first-order valence-corrected chi connectivity index (χ1v) is 8.59. The van der Waals surface area contributed by atoms with Crippen LogP contribution in [0.15, 0.2) is 54.6 Å². The van der Waals surface area contributed by atoms with Crippen LogP contribution in [-0.4, -0.2) is 9.38 Å². The molecule has 2 aromatic heterocycles. The molecule has 0 aliphatic carbocycles.